The summed E-state index contributed by atoms with van der Waals surface area (Å²) in [6.45, 7) is 1.73. The molecule has 0 atom stereocenters. The maximum absolute atomic E-state index is 4.83. The Kier molecular flexibility index (Phi) is 2.10. The number of nitrogens with one attached hydrogen (secondary N) is 1. The summed E-state index contributed by atoms with van der Waals surface area (Å²) in [7, 11) is 1.78. The Bertz CT molecular complexity index is 422. The summed E-state index contributed by atoms with van der Waals surface area (Å²) in [6.07, 6.45) is 3.21. The second-order valence-corrected chi connectivity index (χ2v) is 2.67. The van der Waals surface area contributed by atoms with Gasteiger partial charge in [-0.3, -0.25) is 0 Å². The van der Waals surface area contributed by atoms with Gasteiger partial charge in [0.25, 0.3) is 0 Å². The van der Waals surface area contributed by atoms with Crippen LogP contribution in [0, 0.1) is 6.92 Å². The predicted octanol–water partition coefficient (Wildman–Crippen LogP) is 0.877. The van der Waals surface area contributed by atoms with Crippen molar-refractivity contribution in [1.82, 2.24) is 20.1 Å². The lowest BCUT2D eigenvalue weighted by Crippen LogP contribution is -1.94. The minimum atomic E-state index is 0.456. The average molecular weight is 191 g/mol. The zero-order valence-electron chi connectivity index (χ0n) is 7.85. The van der Waals surface area contributed by atoms with Crippen LogP contribution in [0.1, 0.15) is 5.89 Å². The number of nitrogens with zero attached hydrogens (tertiary/aromatic N) is 4. The van der Waals surface area contributed by atoms with Gasteiger partial charge in [0.05, 0.1) is 12.4 Å². The van der Waals surface area contributed by atoms with E-state index < -0.39 is 0 Å². The van der Waals surface area contributed by atoms with Gasteiger partial charge >= 0.3 is 0 Å². The molecule has 14 heavy (non-hydrogen) atoms. The molecule has 0 saturated heterocycles. The molecule has 2 aromatic rings. The van der Waals surface area contributed by atoms with Crippen LogP contribution in [0.15, 0.2) is 16.9 Å². The summed E-state index contributed by atoms with van der Waals surface area (Å²) in [5.41, 5.74) is 0.598. The standard InChI is InChI=1S/C8H9N5O/c1-5-12-8(13-14-5)6-3-11-7(9-2)4-10-6/h3-4H,1-2H3,(H,9,11). The van der Waals surface area contributed by atoms with Gasteiger partial charge < -0.3 is 9.84 Å². The molecule has 72 valence electrons. The zero-order valence-corrected chi connectivity index (χ0v) is 7.85. The van der Waals surface area contributed by atoms with E-state index in [1.54, 1.807) is 26.4 Å². The van der Waals surface area contributed by atoms with Crippen molar-refractivity contribution in [3.05, 3.63) is 18.3 Å². The van der Waals surface area contributed by atoms with E-state index in [9.17, 15) is 0 Å². The van der Waals surface area contributed by atoms with Crippen LogP contribution in [0.4, 0.5) is 5.82 Å². The molecule has 2 rings (SSSR count). The molecule has 6 heteroatoms. The van der Waals surface area contributed by atoms with Gasteiger partial charge in [-0.25, -0.2) is 9.97 Å². The molecule has 0 radical (unpaired) electrons. The molecule has 0 unspecified atom stereocenters. The Balaban J connectivity index is 2.33. The van der Waals surface area contributed by atoms with Gasteiger partial charge in [0.1, 0.15) is 11.5 Å². The van der Waals surface area contributed by atoms with Gasteiger partial charge in [-0.15, -0.1) is 0 Å². The second kappa shape index (κ2) is 3.41. The van der Waals surface area contributed by atoms with Gasteiger partial charge in [0.2, 0.25) is 11.7 Å². The van der Waals surface area contributed by atoms with E-state index in [-0.39, 0.29) is 0 Å². The fraction of sp³-hybridized carbons (Fsp3) is 0.250. The highest BCUT2D eigenvalue weighted by Gasteiger charge is 2.06. The van der Waals surface area contributed by atoms with Crippen molar-refractivity contribution in [2.24, 2.45) is 0 Å². The normalized spacial score (nSPS) is 10.1. The zero-order chi connectivity index (χ0) is 9.97. The first kappa shape index (κ1) is 8.61. The molecule has 2 aromatic heterocycles. The minimum absolute atomic E-state index is 0.456. The highest BCUT2D eigenvalue weighted by atomic mass is 16.5. The van der Waals surface area contributed by atoms with Gasteiger partial charge in [0.15, 0.2) is 0 Å². The summed E-state index contributed by atoms with van der Waals surface area (Å²) >= 11 is 0. The highest BCUT2D eigenvalue weighted by molar-refractivity contribution is 5.48. The van der Waals surface area contributed by atoms with Crippen molar-refractivity contribution in [1.29, 1.82) is 0 Å². The van der Waals surface area contributed by atoms with Crippen molar-refractivity contribution in [2.75, 3.05) is 12.4 Å². The van der Waals surface area contributed by atoms with Gasteiger partial charge in [0, 0.05) is 14.0 Å². The lowest BCUT2D eigenvalue weighted by atomic mass is 10.4. The van der Waals surface area contributed by atoms with E-state index >= 15 is 0 Å². The van der Waals surface area contributed by atoms with Crippen molar-refractivity contribution >= 4 is 5.82 Å². The van der Waals surface area contributed by atoms with E-state index in [1.807, 2.05) is 0 Å². The Morgan fingerprint density at radius 2 is 2.14 bits per heavy atom. The smallest absolute Gasteiger partial charge is 0.223 e. The molecule has 0 bridgehead atoms. The highest BCUT2D eigenvalue weighted by Crippen LogP contribution is 2.11. The lowest BCUT2D eigenvalue weighted by molar-refractivity contribution is 0.394. The molecule has 0 spiro atoms. The first-order valence-corrected chi connectivity index (χ1v) is 4.10. The number of hydrogen-bond acceptors (Lipinski definition) is 6. The fourth-order valence-electron chi connectivity index (χ4n) is 0.976. The SMILES string of the molecule is CNc1cnc(-c2noc(C)n2)cn1. The third kappa shape index (κ3) is 1.54. The molecular formula is C8H9N5O. The average Bonchev–Trinajstić information content (AvgIpc) is 2.65. The van der Waals surface area contributed by atoms with Gasteiger partial charge in [-0.2, -0.15) is 4.98 Å². The first-order chi connectivity index (χ1) is 6.79. The monoisotopic (exact) mass is 191 g/mol. The van der Waals surface area contributed by atoms with Crippen molar-refractivity contribution in [2.45, 2.75) is 6.92 Å². The molecule has 0 saturated carbocycles. The van der Waals surface area contributed by atoms with E-state index in [2.05, 4.69) is 25.4 Å². The number of rotatable bonds is 2. The van der Waals surface area contributed by atoms with Crippen molar-refractivity contribution in [3.8, 4) is 11.5 Å². The van der Waals surface area contributed by atoms with Crippen molar-refractivity contribution < 1.29 is 4.52 Å². The summed E-state index contributed by atoms with van der Waals surface area (Å²) in [5.74, 6) is 1.67. The number of aromatic nitrogens is 4. The molecule has 0 amide bonds. The second-order valence-electron chi connectivity index (χ2n) is 2.67. The Morgan fingerprint density at radius 1 is 1.29 bits per heavy atom. The van der Waals surface area contributed by atoms with Crippen LogP contribution in [0.25, 0.3) is 11.5 Å². The largest absolute Gasteiger partial charge is 0.372 e. The summed E-state index contributed by atoms with van der Waals surface area (Å²) in [4.78, 5) is 12.2. The van der Waals surface area contributed by atoms with Crippen LogP contribution >= 0.6 is 0 Å². The number of aryl methyl sites for hydroxylation is 1. The summed E-state index contributed by atoms with van der Waals surface area (Å²) < 4.78 is 4.83. The first-order valence-electron chi connectivity index (χ1n) is 4.10. The number of anilines is 1. The lowest BCUT2D eigenvalue weighted by Gasteiger charge is -1.97. The molecule has 0 fully saturated rings. The molecule has 6 nitrogen and oxygen atoms in total. The Hall–Kier alpha value is -1.98. The summed E-state index contributed by atoms with van der Waals surface area (Å²) in [5, 5.41) is 6.61. The molecule has 1 N–H and O–H groups in total. The Morgan fingerprint density at radius 3 is 2.64 bits per heavy atom. The Labute approximate surface area is 80.4 Å². The maximum atomic E-state index is 4.83. The van der Waals surface area contributed by atoms with E-state index in [0.717, 1.165) is 0 Å². The van der Waals surface area contributed by atoms with E-state index in [0.29, 0.717) is 23.2 Å². The van der Waals surface area contributed by atoms with E-state index in [4.69, 9.17) is 4.52 Å². The molecule has 0 aliphatic carbocycles. The van der Waals surface area contributed by atoms with E-state index in [1.165, 1.54) is 0 Å². The topological polar surface area (TPSA) is 76.7 Å². The van der Waals surface area contributed by atoms with Crippen LogP contribution < -0.4 is 5.32 Å². The third-order valence-electron chi connectivity index (χ3n) is 1.66. The van der Waals surface area contributed by atoms with Crippen molar-refractivity contribution in [3.63, 3.8) is 0 Å². The number of hydrogen-bond donors (Lipinski definition) is 1. The molecule has 0 aromatic carbocycles. The van der Waals surface area contributed by atoms with Crippen LogP contribution in [0.2, 0.25) is 0 Å². The van der Waals surface area contributed by atoms with Gasteiger partial charge in [-0.1, -0.05) is 5.16 Å². The predicted molar refractivity (Wildman–Crippen MR) is 49.6 cm³/mol. The molecule has 0 aliphatic heterocycles. The van der Waals surface area contributed by atoms with Crippen LogP contribution in [-0.4, -0.2) is 27.2 Å². The fourth-order valence-corrected chi connectivity index (χ4v) is 0.976. The molecular weight excluding hydrogens is 182 g/mol. The maximum Gasteiger partial charge on any atom is 0.223 e. The third-order valence-corrected chi connectivity index (χ3v) is 1.66. The molecule has 2 heterocycles. The molecule has 0 aliphatic rings. The summed E-state index contributed by atoms with van der Waals surface area (Å²) in [6, 6.07) is 0. The quantitative estimate of drug-likeness (QED) is 0.759. The van der Waals surface area contributed by atoms with Crippen LogP contribution in [0.3, 0.4) is 0 Å². The van der Waals surface area contributed by atoms with Crippen LogP contribution in [-0.2, 0) is 0 Å². The minimum Gasteiger partial charge on any atom is -0.372 e. The van der Waals surface area contributed by atoms with Crippen LogP contribution in [0.5, 0.6) is 0 Å². The van der Waals surface area contributed by atoms with Gasteiger partial charge in [-0.05, 0) is 0 Å².